The number of benzene rings is 1. The van der Waals surface area contributed by atoms with E-state index in [4.69, 9.17) is 5.11 Å². The summed E-state index contributed by atoms with van der Waals surface area (Å²) in [4.78, 5) is 13.1. The quantitative estimate of drug-likeness (QED) is 0.889. The van der Waals surface area contributed by atoms with E-state index in [1.807, 2.05) is 0 Å². The molecule has 0 spiro atoms. The van der Waals surface area contributed by atoms with E-state index in [9.17, 15) is 4.79 Å². The average molecular weight is 247 g/mol. The lowest BCUT2D eigenvalue weighted by Crippen LogP contribution is -2.34. The van der Waals surface area contributed by atoms with Crippen LogP contribution in [-0.4, -0.2) is 23.7 Å². The van der Waals surface area contributed by atoms with Crippen LogP contribution in [0.1, 0.15) is 38.2 Å². The summed E-state index contributed by atoms with van der Waals surface area (Å²) in [7, 11) is 0. The van der Waals surface area contributed by atoms with Gasteiger partial charge in [-0.2, -0.15) is 0 Å². The predicted molar refractivity (Wildman–Crippen MR) is 73.1 cm³/mol. The van der Waals surface area contributed by atoms with E-state index in [1.165, 1.54) is 24.1 Å². The number of nitrogens with zero attached hydrogens (tertiary/aromatic N) is 1. The van der Waals surface area contributed by atoms with Gasteiger partial charge in [0.1, 0.15) is 0 Å². The van der Waals surface area contributed by atoms with Gasteiger partial charge in [-0.25, -0.2) is 0 Å². The highest BCUT2D eigenvalue weighted by atomic mass is 16.4. The third kappa shape index (κ3) is 3.03. The van der Waals surface area contributed by atoms with E-state index in [0.717, 1.165) is 13.0 Å². The number of anilines is 1. The van der Waals surface area contributed by atoms with E-state index < -0.39 is 5.97 Å². The van der Waals surface area contributed by atoms with Crippen LogP contribution in [0.2, 0.25) is 0 Å². The summed E-state index contributed by atoms with van der Waals surface area (Å²) in [5.41, 5.74) is 2.70. The number of aryl methyl sites for hydroxylation is 1. The minimum Gasteiger partial charge on any atom is -0.481 e. The first-order valence-corrected chi connectivity index (χ1v) is 6.75. The van der Waals surface area contributed by atoms with Gasteiger partial charge < -0.3 is 10.0 Å². The number of carboxylic acid groups (broad SMARTS) is 1. The number of para-hydroxylation sites is 1. The second-order valence-electron chi connectivity index (χ2n) is 5.06. The molecule has 1 heterocycles. The Morgan fingerprint density at radius 3 is 2.94 bits per heavy atom. The monoisotopic (exact) mass is 247 g/mol. The Morgan fingerprint density at radius 1 is 1.39 bits per heavy atom. The fraction of sp³-hybridized carbons (Fsp3) is 0.533. The maximum Gasteiger partial charge on any atom is 0.303 e. The van der Waals surface area contributed by atoms with E-state index in [-0.39, 0.29) is 6.42 Å². The average Bonchev–Trinajstić information content (AvgIpc) is 2.58. The summed E-state index contributed by atoms with van der Waals surface area (Å²) >= 11 is 0. The van der Waals surface area contributed by atoms with Crippen molar-refractivity contribution in [1.29, 1.82) is 0 Å². The molecule has 0 saturated carbocycles. The molecule has 3 heteroatoms. The summed E-state index contributed by atoms with van der Waals surface area (Å²) in [5.74, 6) is -0.704. The highest BCUT2D eigenvalue weighted by Gasteiger charge is 2.20. The van der Waals surface area contributed by atoms with Gasteiger partial charge in [0.05, 0.1) is 0 Å². The molecule has 0 bridgehead atoms. The van der Waals surface area contributed by atoms with Crippen LogP contribution in [0.5, 0.6) is 0 Å². The van der Waals surface area contributed by atoms with Gasteiger partial charge in [0.25, 0.3) is 0 Å². The van der Waals surface area contributed by atoms with Crippen LogP contribution in [0, 0.1) is 0 Å². The molecular weight excluding hydrogens is 226 g/mol. The van der Waals surface area contributed by atoms with Crippen molar-refractivity contribution in [3.05, 3.63) is 29.8 Å². The van der Waals surface area contributed by atoms with Gasteiger partial charge in [0.15, 0.2) is 0 Å². The standard InChI is InChI=1S/C15H21NO2/c1-12(9-10-15(17)18)16-11-5-4-7-13-6-2-3-8-14(13)16/h2-3,6,8,12H,4-5,7,9-11H2,1H3,(H,17,18). The Labute approximate surface area is 108 Å². The van der Waals surface area contributed by atoms with Crippen LogP contribution < -0.4 is 4.90 Å². The smallest absolute Gasteiger partial charge is 0.303 e. The molecule has 0 aromatic heterocycles. The molecule has 3 nitrogen and oxygen atoms in total. The summed E-state index contributed by atoms with van der Waals surface area (Å²) in [6.07, 6.45) is 4.51. The molecule has 98 valence electrons. The Kier molecular flexibility index (Phi) is 4.24. The Morgan fingerprint density at radius 2 is 2.17 bits per heavy atom. The molecule has 1 aliphatic heterocycles. The maximum atomic E-state index is 10.7. The first-order chi connectivity index (χ1) is 8.68. The van der Waals surface area contributed by atoms with Gasteiger partial charge >= 0.3 is 5.97 Å². The van der Waals surface area contributed by atoms with Gasteiger partial charge in [-0.05, 0) is 44.2 Å². The Bertz CT molecular complexity index is 417. The lowest BCUT2D eigenvalue weighted by Gasteiger charge is -2.31. The molecule has 1 aromatic rings. The second-order valence-corrected chi connectivity index (χ2v) is 5.06. The Hall–Kier alpha value is -1.51. The van der Waals surface area contributed by atoms with Crippen molar-refractivity contribution in [2.45, 2.75) is 45.1 Å². The number of fused-ring (bicyclic) bond motifs is 1. The van der Waals surface area contributed by atoms with Crippen molar-refractivity contribution >= 4 is 11.7 Å². The van der Waals surface area contributed by atoms with Crippen LogP contribution in [0.4, 0.5) is 5.69 Å². The molecule has 0 radical (unpaired) electrons. The van der Waals surface area contributed by atoms with Crippen molar-refractivity contribution in [1.82, 2.24) is 0 Å². The SMILES string of the molecule is CC(CCC(=O)O)N1CCCCc2ccccc21. The zero-order valence-electron chi connectivity index (χ0n) is 10.9. The molecule has 1 N–H and O–H groups in total. The van der Waals surface area contributed by atoms with Gasteiger partial charge in [-0.1, -0.05) is 18.2 Å². The highest BCUT2D eigenvalue weighted by Crippen LogP contribution is 2.28. The van der Waals surface area contributed by atoms with Crippen molar-refractivity contribution in [2.75, 3.05) is 11.4 Å². The summed E-state index contributed by atoms with van der Waals surface area (Å²) in [6.45, 7) is 3.17. The van der Waals surface area contributed by atoms with E-state index in [1.54, 1.807) is 0 Å². The number of hydrogen-bond donors (Lipinski definition) is 1. The van der Waals surface area contributed by atoms with Gasteiger partial charge in [-0.15, -0.1) is 0 Å². The van der Waals surface area contributed by atoms with Crippen LogP contribution in [0.3, 0.4) is 0 Å². The van der Waals surface area contributed by atoms with Gasteiger partial charge in [0.2, 0.25) is 0 Å². The summed E-state index contributed by atoms with van der Waals surface area (Å²) < 4.78 is 0. The number of carboxylic acids is 1. The molecular formula is C15H21NO2. The fourth-order valence-electron chi connectivity index (χ4n) is 2.67. The first-order valence-electron chi connectivity index (χ1n) is 6.75. The van der Waals surface area contributed by atoms with E-state index >= 15 is 0 Å². The summed E-state index contributed by atoms with van der Waals surface area (Å²) in [5, 5.41) is 8.79. The first kappa shape index (κ1) is 12.9. The number of rotatable bonds is 4. The largest absolute Gasteiger partial charge is 0.481 e. The topological polar surface area (TPSA) is 40.5 Å². The molecule has 0 saturated heterocycles. The van der Waals surface area contributed by atoms with Crippen LogP contribution >= 0.6 is 0 Å². The molecule has 18 heavy (non-hydrogen) atoms. The number of carbonyl (C=O) groups is 1. The molecule has 1 aliphatic rings. The number of aliphatic carboxylic acids is 1. The Balaban J connectivity index is 2.14. The minimum atomic E-state index is -0.704. The van der Waals surface area contributed by atoms with Gasteiger partial charge in [-0.3, -0.25) is 4.79 Å². The molecule has 1 aromatic carbocycles. The van der Waals surface area contributed by atoms with E-state index in [0.29, 0.717) is 12.5 Å². The third-order valence-electron chi connectivity index (χ3n) is 3.70. The lowest BCUT2D eigenvalue weighted by molar-refractivity contribution is -0.137. The normalized spacial score (nSPS) is 16.8. The lowest BCUT2D eigenvalue weighted by atomic mass is 10.1. The molecule has 2 rings (SSSR count). The van der Waals surface area contributed by atoms with Crippen LogP contribution in [-0.2, 0) is 11.2 Å². The van der Waals surface area contributed by atoms with E-state index in [2.05, 4.69) is 36.1 Å². The molecule has 0 fully saturated rings. The predicted octanol–water partition coefficient (Wildman–Crippen LogP) is 3.08. The maximum absolute atomic E-state index is 10.7. The van der Waals surface area contributed by atoms with Crippen molar-refractivity contribution in [3.8, 4) is 0 Å². The third-order valence-corrected chi connectivity index (χ3v) is 3.70. The number of hydrogen-bond acceptors (Lipinski definition) is 2. The zero-order valence-corrected chi connectivity index (χ0v) is 10.9. The van der Waals surface area contributed by atoms with Crippen molar-refractivity contribution < 1.29 is 9.90 Å². The highest BCUT2D eigenvalue weighted by molar-refractivity contribution is 5.66. The summed E-state index contributed by atoms with van der Waals surface area (Å²) in [6, 6.07) is 8.81. The van der Waals surface area contributed by atoms with Crippen molar-refractivity contribution in [3.63, 3.8) is 0 Å². The molecule has 0 amide bonds. The van der Waals surface area contributed by atoms with Gasteiger partial charge in [0, 0.05) is 24.7 Å². The molecule has 0 aliphatic carbocycles. The van der Waals surface area contributed by atoms with Crippen molar-refractivity contribution in [2.24, 2.45) is 0 Å². The van der Waals surface area contributed by atoms with Crippen LogP contribution in [0.15, 0.2) is 24.3 Å². The molecule has 1 unspecified atom stereocenters. The second kappa shape index (κ2) is 5.89. The zero-order chi connectivity index (χ0) is 13.0. The molecule has 1 atom stereocenters. The van der Waals surface area contributed by atoms with Crippen LogP contribution in [0.25, 0.3) is 0 Å². The minimum absolute atomic E-state index is 0.250. The fourth-order valence-corrected chi connectivity index (χ4v) is 2.67.